The van der Waals surface area contributed by atoms with Crippen LogP contribution in [0.4, 0.5) is 14.5 Å². The van der Waals surface area contributed by atoms with Crippen molar-refractivity contribution in [2.24, 2.45) is 0 Å². The predicted octanol–water partition coefficient (Wildman–Crippen LogP) is 3.08. The monoisotopic (exact) mass is 335 g/mol. The molecular weight excluding hydrogens is 320 g/mol. The molecule has 0 radical (unpaired) electrons. The zero-order valence-corrected chi connectivity index (χ0v) is 13.1. The van der Waals surface area contributed by atoms with E-state index in [1.54, 1.807) is 12.1 Å². The summed E-state index contributed by atoms with van der Waals surface area (Å²) in [6.45, 7) is 1.26. The van der Waals surface area contributed by atoms with E-state index in [0.29, 0.717) is 5.75 Å². The molecule has 0 aliphatic heterocycles. The minimum Gasteiger partial charge on any atom is -0.496 e. The lowest BCUT2D eigenvalue weighted by molar-refractivity contribution is -0.119. The lowest BCUT2D eigenvalue weighted by atomic mass is 10.1. The van der Waals surface area contributed by atoms with Gasteiger partial charge in [-0.15, -0.1) is 0 Å². The van der Waals surface area contributed by atoms with Crippen molar-refractivity contribution in [3.63, 3.8) is 0 Å². The molecular formula is C17H15F2NO4. The number of methoxy groups -OCH3 is 1. The van der Waals surface area contributed by atoms with Gasteiger partial charge in [-0.05, 0) is 36.8 Å². The van der Waals surface area contributed by atoms with Crippen LogP contribution in [0.2, 0.25) is 0 Å². The van der Waals surface area contributed by atoms with Crippen molar-refractivity contribution < 1.29 is 27.8 Å². The number of hydrogen-bond donors (Lipinski definition) is 1. The largest absolute Gasteiger partial charge is 0.496 e. The zero-order chi connectivity index (χ0) is 17.7. The zero-order valence-electron chi connectivity index (χ0n) is 13.1. The van der Waals surface area contributed by atoms with Crippen molar-refractivity contribution in [1.82, 2.24) is 0 Å². The predicted molar refractivity (Wildman–Crippen MR) is 83.0 cm³/mol. The maximum atomic E-state index is 13.0. The molecule has 0 atom stereocenters. The molecule has 0 saturated carbocycles. The molecule has 5 nitrogen and oxygen atoms in total. The molecule has 24 heavy (non-hydrogen) atoms. The van der Waals surface area contributed by atoms with Crippen LogP contribution in [0.1, 0.15) is 15.9 Å². The molecule has 0 aromatic heterocycles. The number of halogens is 2. The molecule has 7 heteroatoms. The molecule has 0 bridgehead atoms. The van der Waals surface area contributed by atoms with Crippen LogP contribution in [0.15, 0.2) is 36.4 Å². The fraction of sp³-hybridized carbons (Fsp3) is 0.176. The fourth-order valence-corrected chi connectivity index (χ4v) is 1.93. The summed E-state index contributed by atoms with van der Waals surface area (Å²) < 4.78 is 35.8. The SMILES string of the molecule is COc1cc(C(=O)OCC(=O)Nc2ccc(F)c(F)c2)ccc1C. The molecule has 0 heterocycles. The summed E-state index contributed by atoms with van der Waals surface area (Å²) in [5.41, 5.74) is 1.15. The van der Waals surface area contributed by atoms with E-state index < -0.39 is 30.1 Å². The highest BCUT2D eigenvalue weighted by molar-refractivity contribution is 5.95. The Bertz CT molecular complexity index is 777. The number of anilines is 1. The number of benzene rings is 2. The van der Waals surface area contributed by atoms with Gasteiger partial charge in [-0.3, -0.25) is 4.79 Å². The highest BCUT2D eigenvalue weighted by atomic mass is 19.2. The molecule has 1 amide bonds. The van der Waals surface area contributed by atoms with Gasteiger partial charge in [-0.25, -0.2) is 13.6 Å². The number of aryl methyl sites for hydroxylation is 1. The molecule has 2 rings (SSSR count). The van der Waals surface area contributed by atoms with Gasteiger partial charge in [0.05, 0.1) is 12.7 Å². The Morgan fingerprint density at radius 2 is 1.83 bits per heavy atom. The summed E-state index contributed by atoms with van der Waals surface area (Å²) in [6.07, 6.45) is 0. The van der Waals surface area contributed by atoms with E-state index >= 15 is 0 Å². The summed E-state index contributed by atoms with van der Waals surface area (Å²) >= 11 is 0. The molecule has 0 unspecified atom stereocenters. The van der Waals surface area contributed by atoms with Crippen LogP contribution in [0.25, 0.3) is 0 Å². The van der Waals surface area contributed by atoms with Gasteiger partial charge in [-0.2, -0.15) is 0 Å². The van der Waals surface area contributed by atoms with Crippen LogP contribution < -0.4 is 10.1 Å². The molecule has 0 spiro atoms. The molecule has 0 fully saturated rings. The summed E-state index contributed by atoms with van der Waals surface area (Å²) in [5.74, 6) is -2.96. The maximum Gasteiger partial charge on any atom is 0.338 e. The Balaban J connectivity index is 1.93. The van der Waals surface area contributed by atoms with Crippen molar-refractivity contribution in [1.29, 1.82) is 0 Å². The van der Waals surface area contributed by atoms with Crippen molar-refractivity contribution in [3.05, 3.63) is 59.2 Å². The summed E-state index contributed by atoms with van der Waals surface area (Å²) in [6, 6.07) is 7.66. The van der Waals surface area contributed by atoms with Gasteiger partial charge in [0.15, 0.2) is 18.2 Å². The van der Waals surface area contributed by atoms with Crippen LogP contribution in [0.3, 0.4) is 0 Å². The first kappa shape index (κ1) is 17.4. The first-order valence-electron chi connectivity index (χ1n) is 6.97. The van der Waals surface area contributed by atoms with Crippen molar-refractivity contribution >= 4 is 17.6 Å². The van der Waals surface area contributed by atoms with Gasteiger partial charge in [0.2, 0.25) is 0 Å². The number of nitrogens with one attached hydrogen (secondary N) is 1. The molecule has 126 valence electrons. The summed E-state index contributed by atoms with van der Waals surface area (Å²) in [5, 5.41) is 2.30. The highest BCUT2D eigenvalue weighted by Crippen LogP contribution is 2.19. The quantitative estimate of drug-likeness (QED) is 0.853. The van der Waals surface area contributed by atoms with Gasteiger partial charge in [0.25, 0.3) is 5.91 Å². The van der Waals surface area contributed by atoms with E-state index in [1.165, 1.54) is 19.2 Å². The van der Waals surface area contributed by atoms with Crippen LogP contribution in [0, 0.1) is 18.6 Å². The number of ether oxygens (including phenoxy) is 2. The second-order valence-electron chi connectivity index (χ2n) is 4.94. The normalized spacial score (nSPS) is 10.2. The Morgan fingerprint density at radius 1 is 1.08 bits per heavy atom. The average Bonchev–Trinajstić information content (AvgIpc) is 2.56. The van der Waals surface area contributed by atoms with Crippen LogP contribution >= 0.6 is 0 Å². The van der Waals surface area contributed by atoms with Crippen LogP contribution in [-0.4, -0.2) is 25.6 Å². The van der Waals surface area contributed by atoms with Gasteiger partial charge in [-0.1, -0.05) is 6.07 Å². The van der Waals surface area contributed by atoms with Gasteiger partial charge in [0.1, 0.15) is 5.75 Å². The first-order chi connectivity index (χ1) is 11.4. The second-order valence-corrected chi connectivity index (χ2v) is 4.94. The maximum absolute atomic E-state index is 13.0. The third kappa shape index (κ3) is 4.28. The molecule has 0 saturated heterocycles. The van der Waals surface area contributed by atoms with Crippen LogP contribution in [-0.2, 0) is 9.53 Å². The van der Waals surface area contributed by atoms with Crippen molar-refractivity contribution in [3.8, 4) is 5.75 Å². The lowest BCUT2D eigenvalue weighted by Crippen LogP contribution is -2.21. The topological polar surface area (TPSA) is 64.6 Å². The van der Waals surface area contributed by atoms with Crippen molar-refractivity contribution in [2.45, 2.75) is 6.92 Å². The van der Waals surface area contributed by atoms with Crippen molar-refractivity contribution in [2.75, 3.05) is 19.0 Å². The van der Waals surface area contributed by atoms with Crippen LogP contribution in [0.5, 0.6) is 5.75 Å². The third-order valence-corrected chi connectivity index (χ3v) is 3.18. The Labute approximate surface area is 137 Å². The first-order valence-corrected chi connectivity index (χ1v) is 6.97. The summed E-state index contributed by atoms with van der Waals surface area (Å²) in [4.78, 5) is 23.6. The third-order valence-electron chi connectivity index (χ3n) is 3.18. The average molecular weight is 335 g/mol. The number of hydrogen-bond acceptors (Lipinski definition) is 4. The molecule has 0 aliphatic rings. The highest BCUT2D eigenvalue weighted by Gasteiger charge is 2.13. The molecule has 0 aliphatic carbocycles. The summed E-state index contributed by atoms with van der Waals surface area (Å²) in [7, 11) is 1.48. The molecule has 2 aromatic rings. The van der Waals surface area contributed by atoms with Gasteiger partial charge >= 0.3 is 5.97 Å². The lowest BCUT2D eigenvalue weighted by Gasteiger charge is -2.09. The Hall–Kier alpha value is -2.96. The standard InChI is InChI=1S/C17H15F2NO4/c1-10-3-4-11(7-15(10)23-2)17(22)24-9-16(21)20-12-5-6-13(18)14(19)8-12/h3-8H,9H2,1-2H3,(H,20,21). The number of carbonyl (C=O) groups excluding carboxylic acids is 2. The number of carbonyl (C=O) groups is 2. The van der Waals surface area contributed by atoms with E-state index in [9.17, 15) is 18.4 Å². The minimum absolute atomic E-state index is 0.0620. The van der Waals surface area contributed by atoms with E-state index in [4.69, 9.17) is 9.47 Å². The Morgan fingerprint density at radius 3 is 2.50 bits per heavy atom. The Kier molecular flexibility index (Phi) is 5.47. The van der Waals surface area contributed by atoms with E-state index in [0.717, 1.165) is 17.7 Å². The number of esters is 1. The molecule has 2 aromatic carbocycles. The van der Waals surface area contributed by atoms with Gasteiger partial charge < -0.3 is 14.8 Å². The fourth-order valence-electron chi connectivity index (χ4n) is 1.93. The second kappa shape index (κ2) is 7.54. The van der Waals surface area contributed by atoms with E-state index in [2.05, 4.69) is 5.32 Å². The van der Waals surface area contributed by atoms with Gasteiger partial charge in [0, 0.05) is 11.8 Å². The smallest absolute Gasteiger partial charge is 0.338 e. The minimum atomic E-state index is -1.09. The number of amides is 1. The number of rotatable bonds is 5. The van der Waals surface area contributed by atoms with E-state index in [-0.39, 0.29) is 11.3 Å². The molecule has 1 N–H and O–H groups in total. The van der Waals surface area contributed by atoms with E-state index in [1.807, 2.05) is 6.92 Å².